The van der Waals surface area contributed by atoms with E-state index in [1.54, 1.807) is 0 Å². The Kier molecular flexibility index (Phi) is 5.62. The highest BCUT2D eigenvalue weighted by molar-refractivity contribution is 5.08. The summed E-state index contributed by atoms with van der Waals surface area (Å²) in [6.07, 6.45) is 9.05. The van der Waals surface area contributed by atoms with Crippen LogP contribution in [0.25, 0.3) is 0 Å². The smallest absolute Gasteiger partial charge is 0.0300 e. The maximum absolute atomic E-state index is 4.19. The third-order valence-corrected chi connectivity index (χ3v) is 3.79. The molecule has 1 aromatic rings. The quantitative estimate of drug-likeness (QED) is 0.834. The molecule has 0 bridgehead atoms. The normalized spacial score (nSPS) is 21.1. The second-order valence-corrected chi connectivity index (χ2v) is 5.10. The van der Waals surface area contributed by atoms with E-state index in [1.807, 2.05) is 18.5 Å². The fourth-order valence-corrected chi connectivity index (χ4v) is 2.72. The van der Waals surface area contributed by atoms with Gasteiger partial charge in [0.05, 0.1) is 0 Å². The molecule has 0 radical (unpaired) electrons. The van der Waals surface area contributed by atoms with Gasteiger partial charge in [0.15, 0.2) is 0 Å². The highest BCUT2D eigenvalue weighted by atomic mass is 15.2. The van der Waals surface area contributed by atoms with Crippen molar-refractivity contribution in [2.24, 2.45) is 0 Å². The number of hydrogen-bond donors (Lipinski definition) is 1. The molecule has 1 saturated heterocycles. The van der Waals surface area contributed by atoms with E-state index in [-0.39, 0.29) is 0 Å². The molecule has 1 aromatic heterocycles. The van der Waals surface area contributed by atoms with Crippen LogP contribution in [0.15, 0.2) is 24.5 Å². The monoisotopic (exact) mass is 247 g/mol. The fourth-order valence-electron chi connectivity index (χ4n) is 2.72. The number of nitrogens with one attached hydrogen (secondary N) is 1. The van der Waals surface area contributed by atoms with E-state index in [0.717, 1.165) is 25.6 Å². The van der Waals surface area contributed by atoms with Crippen molar-refractivity contribution in [2.45, 2.75) is 38.6 Å². The molecule has 1 aliphatic heterocycles. The molecule has 1 aliphatic rings. The Hall–Kier alpha value is -0.930. The van der Waals surface area contributed by atoms with Crippen LogP contribution in [-0.2, 0) is 6.42 Å². The molecule has 3 nitrogen and oxygen atoms in total. The molecule has 3 heteroatoms. The summed E-state index contributed by atoms with van der Waals surface area (Å²) in [5, 5.41) is 3.49. The molecule has 1 N–H and O–H groups in total. The lowest BCUT2D eigenvalue weighted by Crippen LogP contribution is -2.46. The molecular weight excluding hydrogens is 222 g/mol. The van der Waals surface area contributed by atoms with Crippen molar-refractivity contribution in [2.75, 3.05) is 26.2 Å². The molecule has 0 saturated carbocycles. The van der Waals surface area contributed by atoms with Gasteiger partial charge in [0, 0.05) is 31.5 Å². The van der Waals surface area contributed by atoms with E-state index < -0.39 is 0 Å². The Morgan fingerprint density at radius 2 is 2.39 bits per heavy atom. The van der Waals surface area contributed by atoms with Crippen LogP contribution in [0.5, 0.6) is 0 Å². The summed E-state index contributed by atoms with van der Waals surface area (Å²) in [5.74, 6) is 0. The molecule has 100 valence electrons. The Balaban J connectivity index is 1.81. The second kappa shape index (κ2) is 7.49. The number of likely N-dealkylation sites (tertiary alicyclic amines) is 1. The highest BCUT2D eigenvalue weighted by Crippen LogP contribution is 2.16. The van der Waals surface area contributed by atoms with Gasteiger partial charge in [-0.15, -0.1) is 0 Å². The lowest BCUT2D eigenvalue weighted by atomic mass is 10.0. The number of rotatable bonds is 6. The maximum Gasteiger partial charge on any atom is 0.0300 e. The van der Waals surface area contributed by atoms with Gasteiger partial charge in [-0.1, -0.05) is 19.4 Å². The molecule has 1 unspecified atom stereocenters. The van der Waals surface area contributed by atoms with Crippen molar-refractivity contribution in [3.63, 3.8) is 0 Å². The van der Waals surface area contributed by atoms with Gasteiger partial charge in [-0.25, -0.2) is 0 Å². The van der Waals surface area contributed by atoms with Gasteiger partial charge in [-0.05, 0) is 44.0 Å². The molecule has 0 spiro atoms. The minimum Gasteiger partial charge on any atom is -0.315 e. The number of aromatic nitrogens is 1. The number of nitrogens with zero attached hydrogens (tertiary/aromatic N) is 2. The maximum atomic E-state index is 4.19. The zero-order valence-corrected chi connectivity index (χ0v) is 11.4. The van der Waals surface area contributed by atoms with Gasteiger partial charge in [0.25, 0.3) is 0 Å². The van der Waals surface area contributed by atoms with Crippen LogP contribution in [0.1, 0.15) is 31.7 Å². The summed E-state index contributed by atoms with van der Waals surface area (Å²) in [5.41, 5.74) is 1.35. The Bertz CT molecular complexity index is 326. The predicted octanol–water partition coefficient (Wildman–Crippen LogP) is 2.09. The molecule has 0 aromatic carbocycles. The summed E-state index contributed by atoms with van der Waals surface area (Å²) in [4.78, 5) is 6.84. The van der Waals surface area contributed by atoms with Crippen molar-refractivity contribution >= 4 is 0 Å². The Morgan fingerprint density at radius 1 is 1.44 bits per heavy atom. The first-order chi connectivity index (χ1) is 8.90. The molecule has 1 fully saturated rings. The minimum absolute atomic E-state index is 0.732. The van der Waals surface area contributed by atoms with E-state index in [2.05, 4.69) is 28.2 Å². The van der Waals surface area contributed by atoms with Crippen molar-refractivity contribution in [3.05, 3.63) is 30.1 Å². The minimum atomic E-state index is 0.732. The van der Waals surface area contributed by atoms with Gasteiger partial charge in [-0.3, -0.25) is 9.88 Å². The van der Waals surface area contributed by atoms with Gasteiger partial charge in [0.2, 0.25) is 0 Å². The van der Waals surface area contributed by atoms with E-state index in [4.69, 9.17) is 0 Å². The third kappa shape index (κ3) is 4.07. The number of piperidine rings is 1. The van der Waals surface area contributed by atoms with Gasteiger partial charge in [-0.2, -0.15) is 0 Å². The first kappa shape index (κ1) is 13.5. The molecule has 18 heavy (non-hydrogen) atoms. The summed E-state index contributed by atoms with van der Waals surface area (Å²) in [6.45, 7) is 6.83. The molecule has 0 amide bonds. The third-order valence-electron chi connectivity index (χ3n) is 3.79. The lowest BCUT2D eigenvalue weighted by Gasteiger charge is -2.36. The summed E-state index contributed by atoms with van der Waals surface area (Å²) in [6, 6.07) is 4.94. The lowest BCUT2D eigenvalue weighted by molar-refractivity contribution is 0.147. The van der Waals surface area contributed by atoms with Crippen LogP contribution in [0.2, 0.25) is 0 Å². The van der Waals surface area contributed by atoms with Crippen molar-refractivity contribution in [1.82, 2.24) is 15.2 Å². The SMILES string of the molecule is CCNCC1CCCCN1CCc1cccnc1. The zero-order valence-electron chi connectivity index (χ0n) is 11.4. The molecule has 0 aliphatic carbocycles. The van der Waals surface area contributed by atoms with E-state index >= 15 is 0 Å². The van der Waals surface area contributed by atoms with Crippen molar-refractivity contribution < 1.29 is 0 Å². The average Bonchev–Trinajstić information content (AvgIpc) is 2.45. The van der Waals surface area contributed by atoms with E-state index in [9.17, 15) is 0 Å². The largest absolute Gasteiger partial charge is 0.315 e. The van der Waals surface area contributed by atoms with Crippen LogP contribution >= 0.6 is 0 Å². The van der Waals surface area contributed by atoms with Gasteiger partial charge < -0.3 is 5.32 Å². The Labute approximate surface area is 111 Å². The van der Waals surface area contributed by atoms with Crippen LogP contribution < -0.4 is 5.32 Å². The highest BCUT2D eigenvalue weighted by Gasteiger charge is 2.21. The first-order valence-corrected chi connectivity index (χ1v) is 7.24. The zero-order chi connectivity index (χ0) is 12.6. The van der Waals surface area contributed by atoms with Crippen LogP contribution in [0, 0.1) is 0 Å². The number of pyridine rings is 1. The van der Waals surface area contributed by atoms with E-state index in [0.29, 0.717) is 0 Å². The van der Waals surface area contributed by atoms with Crippen LogP contribution in [0.3, 0.4) is 0 Å². The standard InChI is InChI=1S/C15H25N3/c1-2-16-13-15-7-3-4-10-18(15)11-8-14-6-5-9-17-12-14/h5-6,9,12,15-16H,2-4,7-8,10-11,13H2,1H3. The second-order valence-electron chi connectivity index (χ2n) is 5.10. The van der Waals surface area contributed by atoms with Crippen LogP contribution in [-0.4, -0.2) is 42.1 Å². The van der Waals surface area contributed by atoms with Gasteiger partial charge in [0.1, 0.15) is 0 Å². The summed E-state index contributed by atoms with van der Waals surface area (Å²) < 4.78 is 0. The summed E-state index contributed by atoms with van der Waals surface area (Å²) in [7, 11) is 0. The Morgan fingerprint density at radius 3 is 3.17 bits per heavy atom. The molecule has 2 heterocycles. The molecular formula is C15H25N3. The first-order valence-electron chi connectivity index (χ1n) is 7.24. The topological polar surface area (TPSA) is 28.2 Å². The van der Waals surface area contributed by atoms with Crippen molar-refractivity contribution in [1.29, 1.82) is 0 Å². The number of likely N-dealkylation sites (N-methyl/N-ethyl adjacent to an activating group) is 1. The van der Waals surface area contributed by atoms with Crippen molar-refractivity contribution in [3.8, 4) is 0 Å². The molecule has 1 atom stereocenters. The summed E-state index contributed by atoms with van der Waals surface area (Å²) >= 11 is 0. The van der Waals surface area contributed by atoms with Gasteiger partial charge >= 0.3 is 0 Å². The fraction of sp³-hybridized carbons (Fsp3) is 0.667. The van der Waals surface area contributed by atoms with E-state index in [1.165, 1.54) is 37.9 Å². The number of hydrogen-bond acceptors (Lipinski definition) is 3. The molecule has 2 rings (SSSR count). The predicted molar refractivity (Wildman–Crippen MR) is 75.7 cm³/mol. The van der Waals surface area contributed by atoms with Crippen LogP contribution in [0.4, 0.5) is 0 Å². The average molecular weight is 247 g/mol.